The molecule has 98 valence electrons. The van der Waals surface area contributed by atoms with Gasteiger partial charge in [0.15, 0.2) is 0 Å². The van der Waals surface area contributed by atoms with Crippen LogP contribution < -0.4 is 0 Å². The van der Waals surface area contributed by atoms with E-state index in [1.54, 1.807) is 30.3 Å². The number of hydrogen-bond donors (Lipinski definition) is 0. The molecule has 0 aliphatic rings. The molecule has 0 heterocycles. The van der Waals surface area contributed by atoms with Gasteiger partial charge in [-0.25, -0.2) is 0 Å². The zero-order chi connectivity index (χ0) is 13.9. The molecule has 0 radical (unpaired) electrons. The van der Waals surface area contributed by atoms with Crippen molar-refractivity contribution in [1.29, 1.82) is 0 Å². The van der Waals surface area contributed by atoms with Crippen LogP contribution in [0.15, 0.2) is 62.3 Å². The quantitative estimate of drug-likeness (QED) is 0.781. The molecule has 0 amide bonds. The molecule has 19 heavy (non-hydrogen) atoms. The summed E-state index contributed by atoms with van der Waals surface area (Å²) in [6, 6.07) is 13.2. The Labute approximate surface area is 125 Å². The Morgan fingerprint density at radius 2 is 1.84 bits per heavy atom. The fourth-order valence-corrected chi connectivity index (χ4v) is 2.99. The Morgan fingerprint density at radius 1 is 1.11 bits per heavy atom. The van der Waals surface area contributed by atoms with Crippen LogP contribution in [0, 0.1) is 0 Å². The molecule has 0 saturated carbocycles. The average molecular weight is 359 g/mol. The van der Waals surface area contributed by atoms with Gasteiger partial charge in [0.05, 0.1) is 4.90 Å². The van der Waals surface area contributed by atoms with Crippen molar-refractivity contribution in [3.8, 4) is 0 Å². The number of nitrogens with zero attached hydrogens (tertiary/aromatic N) is 1. The van der Waals surface area contributed by atoms with Gasteiger partial charge in [-0.05, 0) is 35.9 Å². The van der Waals surface area contributed by atoms with E-state index < -0.39 is 10.0 Å². The van der Waals surface area contributed by atoms with Crippen molar-refractivity contribution in [1.82, 2.24) is 0 Å². The van der Waals surface area contributed by atoms with Crippen LogP contribution in [0.25, 0.3) is 0 Å². The van der Waals surface area contributed by atoms with Crippen LogP contribution >= 0.6 is 27.5 Å². The van der Waals surface area contributed by atoms with E-state index in [-0.39, 0.29) is 4.90 Å². The van der Waals surface area contributed by atoms with Crippen molar-refractivity contribution >= 4 is 43.8 Å². The highest BCUT2D eigenvalue weighted by molar-refractivity contribution is 9.10. The summed E-state index contributed by atoms with van der Waals surface area (Å²) < 4.78 is 28.5. The molecule has 2 aromatic carbocycles. The van der Waals surface area contributed by atoms with E-state index in [4.69, 9.17) is 11.6 Å². The summed E-state index contributed by atoms with van der Waals surface area (Å²) in [5.74, 6) is 0. The summed E-state index contributed by atoms with van der Waals surface area (Å²) in [6.07, 6.45) is 1.31. The first-order valence-electron chi connectivity index (χ1n) is 5.29. The van der Waals surface area contributed by atoms with Crippen molar-refractivity contribution in [3.05, 3.63) is 63.6 Å². The predicted octanol–water partition coefficient (Wildman–Crippen LogP) is 3.91. The second-order valence-electron chi connectivity index (χ2n) is 3.72. The number of sulfonamides is 1. The SMILES string of the molecule is O=S(=O)(/N=C/c1cccc(Br)c1)c1cccc(Cl)c1. The van der Waals surface area contributed by atoms with Gasteiger partial charge in [0.1, 0.15) is 0 Å². The zero-order valence-corrected chi connectivity index (χ0v) is 12.8. The van der Waals surface area contributed by atoms with Gasteiger partial charge >= 0.3 is 0 Å². The van der Waals surface area contributed by atoms with Gasteiger partial charge in [-0.2, -0.15) is 12.8 Å². The molecule has 2 aromatic rings. The lowest BCUT2D eigenvalue weighted by Gasteiger charge is -1.99. The summed E-state index contributed by atoms with van der Waals surface area (Å²) in [4.78, 5) is 0.0752. The van der Waals surface area contributed by atoms with Crippen LogP contribution in [-0.2, 0) is 10.0 Å². The van der Waals surface area contributed by atoms with E-state index in [9.17, 15) is 8.42 Å². The largest absolute Gasteiger partial charge is 0.282 e. The minimum atomic E-state index is -3.72. The lowest BCUT2D eigenvalue weighted by atomic mass is 10.2. The van der Waals surface area contributed by atoms with E-state index in [0.717, 1.165) is 4.47 Å². The molecule has 3 nitrogen and oxygen atoms in total. The normalized spacial score (nSPS) is 11.9. The zero-order valence-electron chi connectivity index (χ0n) is 9.62. The van der Waals surface area contributed by atoms with Gasteiger partial charge in [-0.1, -0.05) is 45.7 Å². The first-order valence-corrected chi connectivity index (χ1v) is 7.90. The summed E-state index contributed by atoms with van der Waals surface area (Å²) in [6.45, 7) is 0. The number of halogens is 2. The van der Waals surface area contributed by atoms with Crippen molar-refractivity contribution in [2.45, 2.75) is 4.90 Å². The van der Waals surface area contributed by atoms with Crippen LogP contribution in [0.1, 0.15) is 5.56 Å². The molecule has 0 saturated heterocycles. The van der Waals surface area contributed by atoms with Crippen molar-refractivity contribution in [2.75, 3.05) is 0 Å². The third kappa shape index (κ3) is 3.89. The Kier molecular flexibility index (Phi) is 4.39. The average Bonchev–Trinajstić information content (AvgIpc) is 2.37. The molecule has 0 aliphatic heterocycles. The van der Waals surface area contributed by atoms with Gasteiger partial charge < -0.3 is 0 Å². The van der Waals surface area contributed by atoms with Crippen molar-refractivity contribution < 1.29 is 8.42 Å². The third-order valence-electron chi connectivity index (χ3n) is 2.28. The highest BCUT2D eigenvalue weighted by Gasteiger charge is 2.11. The summed E-state index contributed by atoms with van der Waals surface area (Å²) >= 11 is 9.07. The highest BCUT2D eigenvalue weighted by atomic mass is 79.9. The third-order valence-corrected chi connectivity index (χ3v) is 4.24. The van der Waals surface area contributed by atoms with E-state index in [1.165, 1.54) is 18.3 Å². The molecule has 0 aromatic heterocycles. The Hall–Kier alpha value is -1.17. The number of hydrogen-bond acceptors (Lipinski definition) is 2. The van der Waals surface area contributed by atoms with Crippen LogP contribution in [0.5, 0.6) is 0 Å². The summed E-state index contributed by atoms with van der Waals surface area (Å²) in [5.41, 5.74) is 0.694. The van der Waals surface area contributed by atoms with Crippen LogP contribution in [0.3, 0.4) is 0 Å². The van der Waals surface area contributed by atoms with Crippen LogP contribution in [0.2, 0.25) is 5.02 Å². The van der Waals surface area contributed by atoms with Gasteiger partial charge in [0.2, 0.25) is 0 Å². The standard InChI is InChI=1S/C13H9BrClNO2S/c14-11-4-1-3-10(7-11)9-16-19(17,18)13-6-2-5-12(15)8-13/h1-9H/b16-9+. The van der Waals surface area contributed by atoms with E-state index >= 15 is 0 Å². The van der Waals surface area contributed by atoms with Gasteiger partial charge in [0.25, 0.3) is 10.0 Å². The first-order chi connectivity index (χ1) is 8.97. The summed E-state index contributed by atoms with van der Waals surface area (Å²) in [5, 5.41) is 0.360. The summed E-state index contributed by atoms with van der Waals surface area (Å²) in [7, 11) is -3.72. The maximum atomic E-state index is 12.0. The van der Waals surface area contributed by atoms with Gasteiger partial charge in [0, 0.05) is 15.7 Å². The van der Waals surface area contributed by atoms with Crippen LogP contribution in [-0.4, -0.2) is 14.6 Å². The minimum absolute atomic E-state index is 0.0752. The molecular weight excluding hydrogens is 350 g/mol. The fourth-order valence-electron chi connectivity index (χ4n) is 1.41. The molecule has 0 bridgehead atoms. The molecule has 0 N–H and O–H groups in total. The molecule has 0 unspecified atom stereocenters. The number of benzene rings is 2. The molecule has 2 rings (SSSR count). The second kappa shape index (κ2) is 5.86. The molecule has 0 spiro atoms. The van der Waals surface area contributed by atoms with Crippen LogP contribution in [0.4, 0.5) is 0 Å². The monoisotopic (exact) mass is 357 g/mol. The van der Waals surface area contributed by atoms with Crippen molar-refractivity contribution in [2.24, 2.45) is 4.40 Å². The lowest BCUT2D eigenvalue weighted by Crippen LogP contribution is -1.97. The first kappa shape index (κ1) is 14.2. The van der Waals surface area contributed by atoms with Crippen molar-refractivity contribution in [3.63, 3.8) is 0 Å². The molecule has 0 atom stereocenters. The number of rotatable bonds is 3. The minimum Gasteiger partial charge on any atom is -0.199 e. The van der Waals surface area contributed by atoms with Gasteiger partial charge in [-0.3, -0.25) is 0 Å². The Morgan fingerprint density at radius 3 is 2.53 bits per heavy atom. The molecule has 0 aliphatic carbocycles. The van der Waals surface area contributed by atoms with E-state index in [0.29, 0.717) is 10.6 Å². The predicted molar refractivity (Wildman–Crippen MR) is 80.4 cm³/mol. The van der Waals surface area contributed by atoms with Gasteiger partial charge in [-0.15, -0.1) is 0 Å². The molecule has 0 fully saturated rings. The molecular formula is C13H9BrClNO2S. The Bertz CT molecular complexity index is 729. The Balaban J connectivity index is 2.32. The smallest absolute Gasteiger partial charge is 0.199 e. The van der Waals surface area contributed by atoms with E-state index in [2.05, 4.69) is 20.3 Å². The maximum absolute atomic E-state index is 12.0. The second-order valence-corrected chi connectivity index (χ2v) is 6.71. The van der Waals surface area contributed by atoms with E-state index in [1.807, 2.05) is 6.07 Å². The lowest BCUT2D eigenvalue weighted by molar-refractivity contribution is 0.598. The maximum Gasteiger partial charge on any atom is 0.282 e. The molecule has 6 heteroatoms. The topological polar surface area (TPSA) is 46.5 Å². The fraction of sp³-hybridized carbons (Fsp3) is 0. The highest BCUT2D eigenvalue weighted by Crippen LogP contribution is 2.17.